The van der Waals surface area contributed by atoms with Crippen LogP contribution in [0.5, 0.6) is 0 Å². The summed E-state index contributed by atoms with van der Waals surface area (Å²) in [5, 5.41) is 7.31. The number of guanidine groups is 1. The van der Waals surface area contributed by atoms with Crippen molar-refractivity contribution in [2.45, 2.75) is 25.7 Å². The number of aliphatic imine (C=N–C) groups is 1. The van der Waals surface area contributed by atoms with Crippen molar-refractivity contribution in [3.05, 3.63) is 47.3 Å². The van der Waals surface area contributed by atoms with E-state index in [4.69, 9.17) is 5.73 Å². The quantitative estimate of drug-likeness (QED) is 0.665. The topological polar surface area (TPSA) is 68.2 Å². The molecule has 0 bridgehead atoms. The first-order valence-corrected chi connectivity index (χ1v) is 7.37. The van der Waals surface area contributed by atoms with Crippen molar-refractivity contribution in [1.29, 1.82) is 0 Å². The number of nitrogens with two attached hydrogens (primary N) is 1. The molecule has 3 rings (SSSR count). The second kappa shape index (κ2) is 5.99. The first kappa shape index (κ1) is 13.7. The zero-order chi connectivity index (χ0) is 14.7. The fraction of sp³-hybridized carbons (Fsp3) is 0.375. The van der Waals surface area contributed by atoms with E-state index in [-0.39, 0.29) is 0 Å². The summed E-state index contributed by atoms with van der Waals surface area (Å²) in [6, 6.07) is 6.45. The van der Waals surface area contributed by atoms with Gasteiger partial charge in [-0.3, -0.25) is 9.67 Å². The van der Waals surface area contributed by atoms with Gasteiger partial charge in [0.1, 0.15) is 0 Å². The van der Waals surface area contributed by atoms with Crippen LogP contribution >= 0.6 is 0 Å². The average Bonchev–Trinajstić information content (AvgIpc) is 3.07. The van der Waals surface area contributed by atoms with Crippen LogP contribution in [0.25, 0.3) is 0 Å². The summed E-state index contributed by atoms with van der Waals surface area (Å²) in [6.45, 7) is 0.662. The zero-order valence-electron chi connectivity index (χ0n) is 12.3. The van der Waals surface area contributed by atoms with Crippen molar-refractivity contribution in [2.75, 3.05) is 11.9 Å². The zero-order valence-corrected chi connectivity index (χ0v) is 12.3. The van der Waals surface area contributed by atoms with Crippen molar-refractivity contribution in [2.24, 2.45) is 17.8 Å². The number of aromatic nitrogens is 2. The maximum absolute atomic E-state index is 5.94. The molecule has 0 fully saturated rings. The molecule has 0 spiro atoms. The summed E-state index contributed by atoms with van der Waals surface area (Å²) in [5.74, 6) is 0.469. The first-order valence-electron chi connectivity index (χ1n) is 7.37. The highest BCUT2D eigenvalue weighted by atomic mass is 15.2. The van der Waals surface area contributed by atoms with Crippen LogP contribution in [0, 0.1) is 0 Å². The Labute approximate surface area is 124 Å². The van der Waals surface area contributed by atoms with Crippen LogP contribution in [0.15, 0.2) is 35.6 Å². The lowest BCUT2D eigenvalue weighted by molar-refractivity contribution is 0.766. The largest absolute Gasteiger partial charge is 0.370 e. The van der Waals surface area contributed by atoms with Gasteiger partial charge in [0.25, 0.3) is 0 Å². The van der Waals surface area contributed by atoms with Crippen LogP contribution in [-0.2, 0) is 26.3 Å². The predicted octanol–water partition coefficient (Wildman–Crippen LogP) is 1.88. The Kier molecular flexibility index (Phi) is 3.90. The number of hydrogen-bond donors (Lipinski definition) is 2. The molecule has 0 aliphatic heterocycles. The molecule has 5 heteroatoms. The summed E-state index contributed by atoms with van der Waals surface area (Å²) in [7, 11) is 1.91. The normalized spacial score (nSPS) is 14.2. The number of hydrogen-bond acceptors (Lipinski definition) is 2. The van der Waals surface area contributed by atoms with Crippen LogP contribution < -0.4 is 11.1 Å². The van der Waals surface area contributed by atoms with Gasteiger partial charge in [0.2, 0.25) is 0 Å². The highest BCUT2D eigenvalue weighted by Gasteiger charge is 2.10. The molecule has 1 heterocycles. The highest BCUT2D eigenvalue weighted by molar-refractivity contribution is 5.92. The number of benzene rings is 1. The summed E-state index contributed by atoms with van der Waals surface area (Å²) < 4.78 is 1.80. The SMILES string of the molecule is Cn1cc(CCN=C(N)Nc2ccc3c(c2)CCC3)cn1. The average molecular weight is 283 g/mol. The Morgan fingerprint density at radius 2 is 2.24 bits per heavy atom. The van der Waals surface area contributed by atoms with E-state index in [1.165, 1.54) is 36.0 Å². The van der Waals surface area contributed by atoms with Gasteiger partial charge in [-0.15, -0.1) is 0 Å². The Morgan fingerprint density at radius 1 is 1.38 bits per heavy atom. The van der Waals surface area contributed by atoms with E-state index in [9.17, 15) is 0 Å². The molecule has 1 aromatic heterocycles. The summed E-state index contributed by atoms with van der Waals surface area (Å²) in [6.07, 6.45) is 8.33. The van der Waals surface area contributed by atoms with Gasteiger partial charge in [0.15, 0.2) is 5.96 Å². The van der Waals surface area contributed by atoms with Gasteiger partial charge in [-0.05, 0) is 54.5 Å². The third kappa shape index (κ3) is 3.42. The smallest absolute Gasteiger partial charge is 0.193 e. The molecule has 3 N–H and O–H groups in total. The van der Waals surface area contributed by atoms with Crippen LogP contribution in [0.4, 0.5) is 5.69 Å². The Morgan fingerprint density at radius 3 is 3.05 bits per heavy atom. The lowest BCUT2D eigenvalue weighted by atomic mass is 10.1. The number of anilines is 1. The minimum Gasteiger partial charge on any atom is -0.370 e. The van der Waals surface area contributed by atoms with Crippen molar-refractivity contribution in [3.63, 3.8) is 0 Å². The third-order valence-corrected chi connectivity index (χ3v) is 3.81. The van der Waals surface area contributed by atoms with Gasteiger partial charge in [0, 0.05) is 25.5 Å². The second-order valence-electron chi connectivity index (χ2n) is 5.50. The van der Waals surface area contributed by atoms with Crippen molar-refractivity contribution in [3.8, 4) is 0 Å². The molecule has 1 aromatic carbocycles. The predicted molar refractivity (Wildman–Crippen MR) is 85.5 cm³/mol. The maximum atomic E-state index is 5.94. The molecular weight excluding hydrogens is 262 g/mol. The summed E-state index contributed by atoms with van der Waals surface area (Å²) in [5.41, 5.74) is 11.0. The highest BCUT2D eigenvalue weighted by Crippen LogP contribution is 2.24. The molecule has 110 valence electrons. The first-order chi connectivity index (χ1) is 10.2. The van der Waals surface area contributed by atoms with Gasteiger partial charge in [0.05, 0.1) is 6.20 Å². The molecule has 5 nitrogen and oxygen atoms in total. The van der Waals surface area contributed by atoms with Gasteiger partial charge in [-0.25, -0.2) is 0 Å². The second-order valence-corrected chi connectivity index (χ2v) is 5.50. The van der Waals surface area contributed by atoms with E-state index >= 15 is 0 Å². The van der Waals surface area contributed by atoms with Crippen molar-refractivity contribution in [1.82, 2.24) is 9.78 Å². The Bertz CT molecular complexity index is 656. The molecule has 0 amide bonds. The fourth-order valence-corrected chi connectivity index (χ4v) is 2.74. The van der Waals surface area contributed by atoms with Crippen molar-refractivity contribution >= 4 is 11.6 Å². The Balaban J connectivity index is 1.55. The number of nitrogens with one attached hydrogen (secondary N) is 1. The minimum atomic E-state index is 0.469. The lowest BCUT2D eigenvalue weighted by Gasteiger charge is -2.07. The lowest BCUT2D eigenvalue weighted by Crippen LogP contribution is -2.23. The number of aryl methyl sites for hydroxylation is 3. The Hall–Kier alpha value is -2.30. The number of rotatable bonds is 4. The molecule has 0 saturated carbocycles. The summed E-state index contributed by atoms with van der Waals surface area (Å²) in [4.78, 5) is 4.36. The van der Waals surface area contributed by atoms with Crippen LogP contribution in [-0.4, -0.2) is 22.3 Å². The van der Waals surface area contributed by atoms with Crippen LogP contribution in [0.3, 0.4) is 0 Å². The van der Waals surface area contributed by atoms with Crippen LogP contribution in [0.1, 0.15) is 23.1 Å². The molecule has 0 radical (unpaired) electrons. The molecule has 0 unspecified atom stereocenters. The molecule has 2 aromatic rings. The van der Waals surface area contributed by atoms with Gasteiger partial charge in [-0.1, -0.05) is 6.07 Å². The number of nitrogens with zero attached hydrogens (tertiary/aromatic N) is 3. The van der Waals surface area contributed by atoms with Gasteiger partial charge in [-0.2, -0.15) is 5.10 Å². The number of fused-ring (bicyclic) bond motifs is 1. The van der Waals surface area contributed by atoms with E-state index < -0.39 is 0 Å². The van der Waals surface area contributed by atoms with E-state index in [1.807, 2.05) is 19.4 Å². The molecule has 1 aliphatic carbocycles. The van der Waals surface area contributed by atoms with E-state index in [1.54, 1.807) is 4.68 Å². The standard InChI is InChI=1S/C16H21N5/c1-21-11-12(10-19-21)7-8-18-16(17)20-15-6-5-13-3-2-4-14(13)9-15/h5-6,9-11H,2-4,7-8H2,1H3,(H3,17,18,20). The molecular formula is C16H21N5. The summed E-state index contributed by atoms with van der Waals surface area (Å²) >= 11 is 0. The molecule has 0 atom stereocenters. The fourth-order valence-electron chi connectivity index (χ4n) is 2.74. The maximum Gasteiger partial charge on any atom is 0.193 e. The van der Waals surface area contributed by atoms with Crippen molar-refractivity contribution < 1.29 is 0 Å². The third-order valence-electron chi connectivity index (χ3n) is 3.81. The molecule has 1 aliphatic rings. The van der Waals surface area contributed by atoms with Gasteiger partial charge < -0.3 is 11.1 Å². The van der Waals surface area contributed by atoms with Crippen LogP contribution in [0.2, 0.25) is 0 Å². The minimum absolute atomic E-state index is 0.469. The van der Waals surface area contributed by atoms with E-state index in [0.29, 0.717) is 12.5 Å². The monoisotopic (exact) mass is 283 g/mol. The molecule has 21 heavy (non-hydrogen) atoms. The van der Waals surface area contributed by atoms with E-state index in [2.05, 4.69) is 33.6 Å². The van der Waals surface area contributed by atoms with Gasteiger partial charge >= 0.3 is 0 Å². The van der Waals surface area contributed by atoms with E-state index in [0.717, 1.165) is 12.1 Å². The molecule has 0 saturated heterocycles.